The number of hydrogen-bond donors (Lipinski definition) is 1. The predicted molar refractivity (Wildman–Crippen MR) is 147 cm³/mol. The molecule has 0 saturated carbocycles. The van der Waals surface area contributed by atoms with Gasteiger partial charge < -0.3 is 10.2 Å². The van der Waals surface area contributed by atoms with Crippen LogP contribution in [0.2, 0.25) is 0 Å². The summed E-state index contributed by atoms with van der Waals surface area (Å²) in [5.74, 6) is -2.28. The molecule has 0 spiro atoms. The summed E-state index contributed by atoms with van der Waals surface area (Å²) in [6.45, 7) is 2.81. The molecule has 3 aromatic rings. The van der Waals surface area contributed by atoms with Crippen molar-refractivity contribution >= 4 is 27.5 Å². The molecule has 2 amide bonds. The monoisotopic (exact) mass is 557 g/mol. The summed E-state index contributed by atoms with van der Waals surface area (Å²) in [4.78, 5) is 28.7. The molecule has 0 aliphatic heterocycles. The van der Waals surface area contributed by atoms with E-state index in [1.165, 1.54) is 35.2 Å². The van der Waals surface area contributed by atoms with Crippen molar-refractivity contribution in [3.63, 3.8) is 0 Å². The lowest BCUT2D eigenvalue weighted by molar-refractivity contribution is -0.140. The highest BCUT2D eigenvalue weighted by atomic mass is 32.2. The third-order valence-electron chi connectivity index (χ3n) is 6.36. The van der Waals surface area contributed by atoms with Gasteiger partial charge in [0.25, 0.3) is 0 Å². The van der Waals surface area contributed by atoms with Gasteiger partial charge in [0.05, 0.1) is 11.9 Å². The second-order valence-electron chi connectivity index (χ2n) is 9.38. The number of sulfonamides is 1. The Morgan fingerprint density at radius 1 is 0.923 bits per heavy atom. The van der Waals surface area contributed by atoms with Gasteiger partial charge in [0, 0.05) is 24.6 Å². The molecule has 0 fully saturated rings. The highest BCUT2D eigenvalue weighted by Gasteiger charge is 2.33. The summed E-state index contributed by atoms with van der Waals surface area (Å²) >= 11 is 0. The molecule has 3 rings (SSSR count). The molecule has 0 heterocycles. The van der Waals surface area contributed by atoms with E-state index < -0.39 is 46.1 Å². The molecular weight excluding hydrogens is 524 g/mol. The van der Waals surface area contributed by atoms with Crippen LogP contribution >= 0.6 is 0 Å². The maximum atomic E-state index is 14.7. The first-order valence-electron chi connectivity index (χ1n) is 12.6. The standard InChI is InChI=1S/C29H33F2N3O4S/c1-4-21(2)32-29(36)27(18-22-10-6-5-7-11-22)33(19-23-12-8-9-13-26(23)31)28(35)20-34(39(3,37)38)25-16-14-24(30)15-17-25/h5-17,21,27H,4,18-20H2,1-3H3,(H,32,36)/t21-,27+/m0/s1. The molecule has 0 aliphatic rings. The minimum atomic E-state index is -3.98. The number of anilines is 1. The second-order valence-corrected chi connectivity index (χ2v) is 11.3. The smallest absolute Gasteiger partial charge is 0.244 e. The molecular formula is C29H33F2N3O4S. The van der Waals surface area contributed by atoms with Crippen molar-refractivity contribution in [3.05, 3.63) is 102 Å². The van der Waals surface area contributed by atoms with Crippen LogP contribution in [0.1, 0.15) is 31.4 Å². The fourth-order valence-corrected chi connectivity index (χ4v) is 4.88. The zero-order chi connectivity index (χ0) is 28.6. The van der Waals surface area contributed by atoms with Crippen molar-refractivity contribution in [1.29, 1.82) is 0 Å². The fraction of sp³-hybridized carbons (Fsp3) is 0.310. The maximum Gasteiger partial charge on any atom is 0.244 e. The second kappa shape index (κ2) is 13.3. The van der Waals surface area contributed by atoms with E-state index in [0.29, 0.717) is 6.42 Å². The van der Waals surface area contributed by atoms with Crippen molar-refractivity contribution in [2.45, 2.75) is 45.3 Å². The average Bonchev–Trinajstić information content (AvgIpc) is 2.90. The van der Waals surface area contributed by atoms with Crippen LogP contribution in [0.3, 0.4) is 0 Å². The lowest BCUT2D eigenvalue weighted by Crippen LogP contribution is -2.54. The lowest BCUT2D eigenvalue weighted by Gasteiger charge is -2.34. The molecule has 39 heavy (non-hydrogen) atoms. The van der Waals surface area contributed by atoms with Gasteiger partial charge in [-0.2, -0.15) is 0 Å². The topological polar surface area (TPSA) is 86.8 Å². The van der Waals surface area contributed by atoms with Gasteiger partial charge in [0.15, 0.2) is 0 Å². The molecule has 0 unspecified atom stereocenters. The summed E-state index contributed by atoms with van der Waals surface area (Å²) in [7, 11) is -3.98. The van der Waals surface area contributed by atoms with E-state index in [4.69, 9.17) is 0 Å². The van der Waals surface area contributed by atoms with Crippen LogP contribution in [0.25, 0.3) is 0 Å². The van der Waals surface area contributed by atoms with Gasteiger partial charge in [-0.3, -0.25) is 13.9 Å². The van der Waals surface area contributed by atoms with Crippen LogP contribution in [0.5, 0.6) is 0 Å². The molecule has 3 aromatic carbocycles. The third-order valence-corrected chi connectivity index (χ3v) is 7.51. The number of benzene rings is 3. The van der Waals surface area contributed by atoms with E-state index in [1.54, 1.807) is 6.07 Å². The molecule has 10 heteroatoms. The van der Waals surface area contributed by atoms with E-state index in [-0.39, 0.29) is 30.3 Å². The predicted octanol–water partition coefficient (Wildman–Crippen LogP) is 4.29. The summed E-state index contributed by atoms with van der Waals surface area (Å²) in [6, 6.07) is 18.4. The Bertz CT molecular complexity index is 1370. The number of nitrogens with zero attached hydrogens (tertiary/aromatic N) is 2. The maximum absolute atomic E-state index is 14.7. The van der Waals surface area contributed by atoms with Crippen LogP contribution in [0, 0.1) is 11.6 Å². The number of halogens is 2. The van der Waals surface area contributed by atoms with Gasteiger partial charge in [-0.25, -0.2) is 17.2 Å². The molecule has 0 aromatic heterocycles. The van der Waals surface area contributed by atoms with Crippen LogP contribution < -0.4 is 9.62 Å². The number of hydrogen-bond acceptors (Lipinski definition) is 4. The number of nitrogens with one attached hydrogen (secondary N) is 1. The fourth-order valence-electron chi connectivity index (χ4n) is 4.03. The van der Waals surface area contributed by atoms with Crippen molar-refractivity contribution in [3.8, 4) is 0 Å². The van der Waals surface area contributed by atoms with Crippen molar-refractivity contribution in [2.24, 2.45) is 0 Å². The van der Waals surface area contributed by atoms with Crippen LogP contribution in [0.4, 0.5) is 14.5 Å². The zero-order valence-electron chi connectivity index (χ0n) is 22.2. The third kappa shape index (κ3) is 8.35. The number of rotatable bonds is 12. The Morgan fingerprint density at radius 3 is 2.13 bits per heavy atom. The van der Waals surface area contributed by atoms with E-state index in [9.17, 15) is 26.8 Å². The molecule has 208 valence electrons. The first-order valence-corrected chi connectivity index (χ1v) is 14.4. The lowest BCUT2D eigenvalue weighted by atomic mass is 10.0. The molecule has 0 saturated heterocycles. The largest absolute Gasteiger partial charge is 0.352 e. The van der Waals surface area contributed by atoms with E-state index in [2.05, 4.69) is 5.32 Å². The van der Waals surface area contributed by atoms with E-state index in [0.717, 1.165) is 28.3 Å². The normalized spacial score (nSPS) is 12.8. The molecule has 2 atom stereocenters. The minimum Gasteiger partial charge on any atom is -0.352 e. The quantitative estimate of drug-likeness (QED) is 0.360. The van der Waals surface area contributed by atoms with Crippen LogP contribution in [0.15, 0.2) is 78.9 Å². The van der Waals surface area contributed by atoms with Gasteiger partial charge in [-0.1, -0.05) is 55.5 Å². The summed E-state index contributed by atoms with van der Waals surface area (Å²) in [6.07, 6.45) is 1.71. The number of amides is 2. The Morgan fingerprint density at radius 2 is 1.54 bits per heavy atom. The average molecular weight is 558 g/mol. The highest BCUT2D eigenvalue weighted by Crippen LogP contribution is 2.21. The molecule has 0 radical (unpaired) electrons. The Hall–Kier alpha value is -3.79. The van der Waals surface area contributed by atoms with Gasteiger partial charge in [0.2, 0.25) is 21.8 Å². The van der Waals surface area contributed by atoms with Crippen molar-refractivity contribution in [2.75, 3.05) is 17.1 Å². The highest BCUT2D eigenvalue weighted by molar-refractivity contribution is 7.92. The first kappa shape index (κ1) is 29.8. The van der Waals surface area contributed by atoms with Gasteiger partial charge in [0.1, 0.15) is 24.2 Å². The molecule has 1 N–H and O–H groups in total. The SMILES string of the molecule is CC[C@H](C)NC(=O)[C@@H](Cc1ccccc1)N(Cc1ccccc1F)C(=O)CN(c1ccc(F)cc1)S(C)(=O)=O. The molecule has 7 nitrogen and oxygen atoms in total. The summed E-state index contributed by atoms with van der Waals surface area (Å²) in [5.41, 5.74) is 1.03. The van der Waals surface area contributed by atoms with Gasteiger partial charge in [-0.05, 0) is 49.2 Å². The van der Waals surface area contributed by atoms with Crippen LogP contribution in [-0.2, 0) is 32.6 Å². The molecule has 0 bridgehead atoms. The minimum absolute atomic E-state index is 0.0850. The number of carbonyl (C=O) groups excluding carboxylic acids is 2. The molecule has 0 aliphatic carbocycles. The Kier molecular flexibility index (Phi) is 10.2. The first-order chi connectivity index (χ1) is 18.5. The van der Waals surface area contributed by atoms with Crippen molar-refractivity contribution < 1.29 is 26.8 Å². The van der Waals surface area contributed by atoms with E-state index in [1.807, 2.05) is 44.2 Å². The zero-order valence-corrected chi connectivity index (χ0v) is 23.0. The van der Waals surface area contributed by atoms with E-state index >= 15 is 0 Å². The summed E-state index contributed by atoms with van der Waals surface area (Å²) in [5, 5.41) is 2.91. The van der Waals surface area contributed by atoms with Crippen LogP contribution in [-0.4, -0.2) is 50.0 Å². The Labute approximate surface area is 228 Å². The van der Waals surface area contributed by atoms with Gasteiger partial charge >= 0.3 is 0 Å². The number of carbonyl (C=O) groups is 2. The van der Waals surface area contributed by atoms with Crippen molar-refractivity contribution in [1.82, 2.24) is 10.2 Å². The Balaban J connectivity index is 2.06. The van der Waals surface area contributed by atoms with Gasteiger partial charge in [-0.15, -0.1) is 0 Å². The summed E-state index contributed by atoms with van der Waals surface area (Å²) < 4.78 is 54.5.